The van der Waals surface area contributed by atoms with Gasteiger partial charge in [-0.3, -0.25) is 9.59 Å². The van der Waals surface area contributed by atoms with E-state index >= 15 is 0 Å². The number of ether oxygens (including phenoxy) is 1. The molecule has 0 aliphatic heterocycles. The number of carbonyl (C=O) groups excluding carboxylic acids is 2. The van der Waals surface area contributed by atoms with Gasteiger partial charge in [0.25, 0.3) is 0 Å². The third-order valence-electron chi connectivity index (χ3n) is 2.72. The van der Waals surface area contributed by atoms with E-state index in [0.717, 1.165) is 5.56 Å². The van der Waals surface area contributed by atoms with Gasteiger partial charge in [0.15, 0.2) is 0 Å². The van der Waals surface area contributed by atoms with Crippen molar-refractivity contribution in [3.63, 3.8) is 0 Å². The number of hydrogen-bond donors (Lipinski definition) is 2. The van der Waals surface area contributed by atoms with Gasteiger partial charge in [0.2, 0.25) is 5.91 Å². The molecule has 0 saturated heterocycles. The van der Waals surface area contributed by atoms with Gasteiger partial charge in [-0.1, -0.05) is 30.3 Å². The number of halogens is 1. The molecule has 1 aromatic rings. The Morgan fingerprint density at radius 1 is 1.24 bits per heavy atom. The highest BCUT2D eigenvalue weighted by molar-refractivity contribution is 5.85. The summed E-state index contributed by atoms with van der Waals surface area (Å²) in [4.78, 5) is 23.5. The zero-order valence-corrected chi connectivity index (χ0v) is 13.2. The molecule has 0 heterocycles. The van der Waals surface area contributed by atoms with E-state index in [1.54, 1.807) is 13.8 Å². The predicted octanol–water partition coefficient (Wildman–Crippen LogP) is 1.96. The molecule has 0 radical (unpaired) electrons. The molecular formula is C15H23ClN2O3. The molecule has 0 aliphatic carbocycles. The molecule has 6 heteroatoms. The van der Waals surface area contributed by atoms with E-state index in [2.05, 4.69) is 5.32 Å². The maximum absolute atomic E-state index is 11.8. The molecular weight excluding hydrogens is 292 g/mol. The average Bonchev–Trinajstić information content (AvgIpc) is 2.38. The van der Waals surface area contributed by atoms with E-state index in [9.17, 15) is 9.59 Å². The Labute approximate surface area is 131 Å². The zero-order valence-electron chi connectivity index (χ0n) is 12.4. The highest BCUT2D eigenvalue weighted by Gasteiger charge is 2.19. The van der Waals surface area contributed by atoms with Crippen LogP contribution in [-0.4, -0.2) is 24.5 Å². The number of benzene rings is 1. The fourth-order valence-electron chi connectivity index (χ4n) is 1.87. The lowest BCUT2D eigenvalue weighted by atomic mass is 10.0. The van der Waals surface area contributed by atoms with Crippen molar-refractivity contribution in [2.45, 2.75) is 38.8 Å². The minimum Gasteiger partial charge on any atom is -0.466 e. The molecule has 0 spiro atoms. The molecule has 1 aromatic carbocycles. The molecule has 5 nitrogen and oxygen atoms in total. The van der Waals surface area contributed by atoms with Crippen LogP contribution in [0.4, 0.5) is 0 Å². The summed E-state index contributed by atoms with van der Waals surface area (Å²) in [5, 5.41) is 2.83. The summed E-state index contributed by atoms with van der Waals surface area (Å²) in [6.07, 6.45) is 0.342. The van der Waals surface area contributed by atoms with E-state index in [1.165, 1.54) is 0 Å². The first kappa shape index (κ1) is 19.4. The van der Waals surface area contributed by atoms with Crippen molar-refractivity contribution in [1.82, 2.24) is 5.32 Å². The third kappa shape index (κ3) is 7.68. The zero-order chi connectivity index (χ0) is 15.0. The van der Waals surface area contributed by atoms with Crippen LogP contribution in [0.1, 0.15) is 38.3 Å². The van der Waals surface area contributed by atoms with E-state index in [4.69, 9.17) is 10.5 Å². The van der Waals surface area contributed by atoms with Crippen molar-refractivity contribution >= 4 is 24.3 Å². The lowest BCUT2D eigenvalue weighted by Gasteiger charge is -2.19. The van der Waals surface area contributed by atoms with Crippen LogP contribution < -0.4 is 11.1 Å². The summed E-state index contributed by atoms with van der Waals surface area (Å²) >= 11 is 0. The standard InChI is InChI=1S/C15H22N2O3.ClH/c1-3-20-15(19)10-13(12-7-5-4-6-8-12)17-14(18)9-11(2)16;/h4-8,11,13H,3,9-10,16H2,1-2H3,(H,17,18);1H. The lowest BCUT2D eigenvalue weighted by molar-refractivity contribution is -0.143. The number of hydrogen-bond acceptors (Lipinski definition) is 4. The van der Waals surface area contributed by atoms with Crippen molar-refractivity contribution in [3.8, 4) is 0 Å². The average molecular weight is 315 g/mol. The summed E-state index contributed by atoms with van der Waals surface area (Å²) in [5.74, 6) is -0.499. The maximum atomic E-state index is 11.8. The van der Waals surface area contributed by atoms with Crippen LogP contribution in [0.3, 0.4) is 0 Å². The van der Waals surface area contributed by atoms with Crippen LogP contribution >= 0.6 is 12.4 Å². The third-order valence-corrected chi connectivity index (χ3v) is 2.72. The first-order valence-electron chi connectivity index (χ1n) is 6.78. The molecule has 2 unspecified atom stereocenters. The van der Waals surface area contributed by atoms with Gasteiger partial charge in [-0.2, -0.15) is 0 Å². The molecule has 0 saturated carbocycles. The second kappa shape index (κ2) is 10.2. The lowest BCUT2D eigenvalue weighted by Crippen LogP contribution is -2.34. The number of nitrogens with two attached hydrogens (primary N) is 1. The van der Waals surface area contributed by atoms with E-state index < -0.39 is 0 Å². The first-order valence-corrected chi connectivity index (χ1v) is 6.78. The fourth-order valence-corrected chi connectivity index (χ4v) is 1.87. The predicted molar refractivity (Wildman–Crippen MR) is 84.1 cm³/mol. The van der Waals surface area contributed by atoms with Gasteiger partial charge >= 0.3 is 5.97 Å². The quantitative estimate of drug-likeness (QED) is 0.754. The molecule has 0 aliphatic rings. The van der Waals surface area contributed by atoms with Crippen LogP contribution in [0, 0.1) is 0 Å². The van der Waals surface area contributed by atoms with E-state index in [0.29, 0.717) is 6.61 Å². The first-order chi connectivity index (χ1) is 9.52. The second-order valence-corrected chi connectivity index (χ2v) is 4.72. The minimum absolute atomic E-state index is 0. The smallest absolute Gasteiger partial charge is 0.308 e. The van der Waals surface area contributed by atoms with Crippen molar-refractivity contribution in [3.05, 3.63) is 35.9 Å². The maximum Gasteiger partial charge on any atom is 0.308 e. The number of esters is 1. The summed E-state index contributed by atoms with van der Waals surface area (Å²) in [5.41, 5.74) is 6.48. The van der Waals surface area contributed by atoms with Crippen molar-refractivity contribution in [1.29, 1.82) is 0 Å². The van der Waals surface area contributed by atoms with E-state index in [1.807, 2.05) is 30.3 Å². The number of amides is 1. The van der Waals surface area contributed by atoms with Crippen LogP contribution in [0.25, 0.3) is 0 Å². The molecule has 0 fully saturated rings. The Morgan fingerprint density at radius 2 is 1.86 bits per heavy atom. The molecule has 3 N–H and O–H groups in total. The minimum atomic E-state index is -0.388. The highest BCUT2D eigenvalue weighted by atomic mass is 35.5. The van der Waals surface area contributed by atoms with Gasteiger partial charge in [0.05, 0.1) is 19.1 Å². The summed E-state index contributed by atoms with van der Waals surface area (Å²) < 4.78 is 4.94. The van der Waals surface area contributed by atoms with Crippen molar-refractivity contribution < 1.29 is 14.3 Å². The SMILES string of the molecule is CCOC(=O)CC(NC(=O)CC(C)N)c1ccccc1.Cl. The number of rotatable bonds is 7. The monoisotopic (exact) mass is 314 g/mol. The molecule has 1 amide bonds. The van der Waals surface area contributed by atoms with Crippen LogP contribution in [-0.2, 0) is 14.3 Å². The normalized spacial score (nSPS) is 12.7. The number of carbonyl (C=O) groups is 2. The molecule has 0 aromatic heterocycles. The molecule has 21 heavy (non-hydrogen) atoms. The fraction of sp³-hybridized carbons (Fsp3) is 0.467. The van der Waals surface area contributed by atoms with Gasteiger partial charge < -0.3 is 15.8 Å². The molecule has 1 rings (SSSR count). The Morgan fingerprint density at radius 3 is 2.38 bits per heavy atom. The molecule has 118 valence electrons. The van der Waals surface area contributed by atoms with Crippen LogP contribution in [0.2, 0.25) is 0 Å². The Bertz CT molecular complexity index is 438. The molecule has 0 bridgehead atoms. The van der Waals surface area contributed by atoms with Crippen LogP contribution in [0.15, 0.2) is 30.3 Å². The van der Waals surface area contributed by atoms with Gasteiger partial charge in [0.1, 0.15) is 0 Å². The molecule has 2 atom stereocenters. The van der Waals surface area contributed by atoms with Gasteiger partial charge in [0, 0.05) is 12.5 Å². The van der Waals surface area contributed by atoms with Gasteiger partial charge in [-0.05, 0) is 19.4 Å². The summed E-state index contributed by atoms with van der Waals surface area (Å²) in [6.45, 7) is 3.85. The summed E-state index contributed by atoms with van der Waals surface area (Å²) in [6, 6.07) is 8.76. The van der Waals surface area contributed by atoms with Crippen molar-refractivity contribution in [2.75, 3.05) is 6.61 Å². The Kier molecular flexibility index (Phi) is 9.41. The van der Waals surface area contributed by atoms with Gasteiger partial charge in [-0.25, -0.2) is 0 Å². The second-order valence-electron chi connectivity index (χ2n) is 4.72. The largest absolute Gasteiger partial charge is 0.466 e. The van der Waals surface area contributed by atoms with Crippen molar-refractivity contribution in [2.24, 2.45) is 5.73 Å². The number of nitrogens with one attached hydrogen (secondary N) is 1. The topological polar surface area (TPSA) is 81.4 Å². The van der Waals surface area contributed by atoms with E-state index in [-0.39, 0.29) is 49.2 Å². The Hall–Kier alpha value is -1.59. The van der Waals surface area contributed by atoms with Crippen LogP contribution in [0.5, 0.6) is 0 Å². The van der Waals surface area contributed by atoms with Gasteiger partial charge in [-0.15, -0.1) is 12.4 Å². The Balaban J connectivity index is 0.00000400. The highest BCUT2D eigenvalue weighted by Crippen LogP contribution is 2.17. The summed E-state index contributed by atoms with van der Waals surface area (Å²) in [7, 11) is 0.